The highest BCUT2D eigenvalue weighted by Crippen LogP contribution is 2.02. The van der Waals surface area contributed by atoms with Crippen LogP contribution >= 0.6 is 0 Å². The summed E-state index contributed by atoms with van der Waals surface area (Å²) in [5, 5.41) is 7.59. The van der Waals surface area contributed by atoms with Gasteiger partial charge in [-0.15, -0.1) is 5.10 Å². The van der Waals surface area contributed by atoms with E-state index >= 15 is 0 Å². The predicted octanol–water partition coefficient (Wildman–Crippen LogP) is 0.188. The second-order valence-electron chi connectivity index (χ2n) is 2.34. The van der Waals surface area contributed by atoms with Gasteiger partial charge >= 0.3 is 0 Å². The van der Waals surface area contributed by atoms with Crippen molar-refractivity contribution < 1.29 is 0 Å². The minimum Gasteiger partial charge on any atom is -0.326 e. The van der Waals surface area contributed by atoms with E-state index in [0.29, 0.717) is 6.54 Å². The molecule has 2 N–H and O–H groups in total. The number of pyridine rings is 1. The molecule has 0 spiro atoms. The average Bonchev–Trinajstić information content (AvgIpc) is 2.50. The molecule has 56 valence electrons. The van der Waals surface area contributed by atoms with Crippen LogP contribution in [-0.2, 0) is 6.54 Å². The molecule has 0 aliphatic rings. The summed E-state index contributed by atoms with van der Waals surface area (Å²) < 4.78 is 1.71. The molecule has 4 heteroatoms. The summed E-state index contributed by atoms with van der Waals surface area (Å²) >= 11 is 0. The summed E-state index contributed by atoms with van der Waals surface area (Å²) in [6.45, 7) is 0.537. The van der Waals surface area contributed by atoms with Crippen LogP contribution in [0.5, 0.6) is 0 Å². The molecule has 0 saturated heterocycles. The summed E-state index contributed by atoms with van der Waals surface area (Å²) in [6, 6.07) is 3.92. The maximum absolute atomic E-state index is 5.45. The van der Waals surface area contributed by atoms with E-state index in [1.54, 1.807) is 10.7 Å². The molecule has 0 fully saturated rings. The van der Waals surface area contributed by atoms with Crippen molar-refractivity contribution in [3.05, 3.63) is 30.1 Å². The monoisotopic (exact) mass is 148 g/mol. The van der Waals surface area contributed by atoms with E-state index in [-0.39, 0.29) is 0 Å². The van der Waals surface area contributed by atoms with E-state index < -0.39 is 0 Å². The molecule has 0 atom stereocenters. The van der Waals surface area contributed by atoms with Crippen molar-refractivity contribution in [3.63, 3.8) is 0 Å². The normalized spacial score (nSPS) is 10.6. The highest BCUT2D eigenvalue weighted by Gasteiger charge is 1.94. The van der Waals surface area contributed by atoms with Crippen molar-refractivity contribution in [2.75, 3.05) is 0 Å². The Morgan fingerprint density at radius 3 is 3.18 bits per heavy atom. The second kappa shape index (κ2) is 2.32. The summed E-state index contributed by atoms with van der Waals surface area (Å²) in [5.41, 5.74) is 7.49. The van der Waals surface area contributed by atoms with Crippen molar-refractivity contribution in [2.24, 2.45) is 5.73 Å². The zero-order valence-corrected chi connectivity index (χ0v) is 5.94. The molecule has 2 rings (SSSR count). The molecule has 0 unspecified atom stereocenters. The van der Waals surface area contributed by atoms with Crippen LogP contribution in [0.4, 0.5) is 0 Å². The highest BCUT2D eigenvalue weighted by molar-refractivity contribution is 5.43. The van der Waals surface area contributed by atoms with Gasteiger partial charge in [0, 0.05) is 12.7 Å². The molecule has 11 heavy (non-hydrogen) atoms. The van der Waals surface area contributed by atoms with Crippen LogP contribution in [-0.4, -0.2) is 14.8 Å². The number of rotatable bonds is 1. The van der Waals surface area contributed by atoms with E-state index in [4.69, 9.17) is 5.73 Å². The number of hydrogen-bond donors (Lipinski definition) is 1. The minimum absolute atomic E-state index is 0.537. The van der Waals surface area contributed by atoms with Gasteiger partial charge in [0.05, 0.1) is 11.7 Å². The Kier molecular flexibility index (Phi) is 1.33. The Hall–Kier alpha value is -1.42. The van der Waals surface area contributed by atoms with Gasteiger partial charge in [-0.25, -0.2) is 4.52 Å². The first-order valence-corrected chi connectivity index (χ1v) is 3.39. The Bertz CT molecular complexity index is 365. The first-order valence-electron chi connectivity index (χ1n) is 3.39. The number of hydrogen-bond acceptors (Lipinski definition) is 3. The summed E-state index contributed by atoms with van der Waals surface area (Å²) in [4.78, 5) is 0. The van der Waals surface area contributed by atoms with E-state index in [9.17, 15) is 0 Å². The lowest BCUT2D eigenvalue weighted by Gasteiger charge is -1.95. The smallest absolute Gasteiger partial charge is 0.0865 e. The third kappa shape index (κ3) is 0.969. The van der Waals surface area contributed by atoms with Crippen molar-refractivity contribution in [1.82, 2.24) is 14.8 Å². The standard InChI is InChI=1S/C7H8N4/c8-3-6-1-2-7-4-9-10-11(7)5-6/h1-2,4-5H,3,8H2. The molecular weight excluding hydrogens is 140 g/mol. The van der Waals surface area contributed by atoms with Crippen LogP contribution in [0, 0.1) is 0 Å². The van der Waals surface area contributed by atoms with E-state index in [0.717, 1.165) is 11.1 Å². The lowest BCUT2D eigenvalue weighted by molar-refractivity contribution is 0.843. The molecule has 0 amide bonds. The van der Waals surface area contributed by atoms with E-state index in [1.807, 2.05) is 18.3 Å². The second-order valence-corrected chi connectivity index (χ2v) is 2.34. The van der Waals surface area contributed by atoms with Crippen molar-refractivity contribution in [3.8, 4) is 0 Å². The first kappa shape index (κ1) is 6.30. The number of nitrogens with zero attached hydrogens (tertiary/aromatic N) is 3. The van der Waals surface area contributed by atoms with Gasteiger partial charge in [-0.1, -0.05) is 11.3 Å². The summed E-state index contributed by atoms with van der Waals surface area (Å²) in [5.74, 6) is 0. The fourth-order valence-electron chi connectivity index (χ4n) is 0.984. The van der Waals surface area contributed by atoms with E-state index in [1.165, 1.54) is 0 Å². The van der Waals surface area contributed by atoms with Gasteiger partial charge in [-0.3, -0.25) is 0 Å². The molecule has 4 nitrogen and oxygen atoms in total. The minimum atomic E-state index is 0.537. The number of fused-ring (bicyclic) bond motifs is 1. The fraction of sp³-hybridized carbons (Fsp3) is 0.143. The van der Waals surface area contributed by atoms with Crippen LogP contribution < -0.4 is 5.73 Å². The molecule has 0 aromatic carbocycles. The molecular formula is C7H8N4. The molecule has 2 aromatic rings. The molecule has 2 aromatic heterocycles. The topological polar surface area (TPSA) is 56.2 Å². The van der Waals surface area contributed by atoms with Gasteiger partial charge in [0.1, 0.15) is 0 Å². The summed E-state index contributed by atoms with van der Waals surface area (Å²) in [7, 11) is 0. The SMILES string of the molecule is NCc1ccc2cnnn2c1. The third-order valence-corrected chi connectivity index (χ3v) is 1.59. The summed E-state index contributed by atoms with van der Waals surface area (Å²) in [6.07, 6.45) is 3.59. The van der Waals surface area contributed by atoms with Gasteiger partial charge < -0.3 is 5.73 Å². The average molecular weight is 148 g/mol. The van der Waals surface area contributed by atoms with Gasteiger partial charge in [-0.2, -0.15) is 0 Å². The highest BCUT2D eigenvalue weighted by atomic mass is 15.4. The Morgan fingerprint density at radius 1 is 1.45 bits per heavy atom. The largest absolute Gasteiger partial charge is 0.326 e. The first-order chi connectivity index (χ1) is 5.40. The zero-order chi connectivity index (χ0) is 7.68. The van der Waals surface area contributed by atoms with Gasteiger partial charge in [0.15, 0.2) is 0 Å². The lowest BCUT2D eigenvalue weighted by atomic mass is 10.3. The Labute approximate surface area is 63.6 Å². The van der Waals surface area contributed by atoms with Crippen molar-refractivity contribution in [1.29, 1.82) is 0 Å². The van der Waals surface area contributed by atoms with Crippen molar-refractivity contribution in [2.45, 2.75) is 6.54 Å². The lowest BCUT2D eigenvalue weighted by Crippen LogP contribution is -1.98. The Morgan fingerprint density at radius 2 is 2.36 bits per heavy atom. The van der Waals surface area contributed by atoms with E-state index in [2.05, 4.69) is 10.3 Å². The molecule has 0 aliphatic carbocycles. The molecule has 0 bridgehead atoms. The molecule has 0 radical (unpaired) electrons. The maximum Gasteiger partial charge on any atom is 0.0865 e. The third-order valence-electron chi connectivity index (χ3n) is 1.59. The molecule has 2 heterocycles. The van der Waals surface area contributed by atoms with Gasteiger partial charge in [0.25, 0.3) is 0 Å². The molecule has 0 saturated carbocycles. The fourth-order valence-corrected chi connectivity index (χ4v) is 0.984. The van der Waals surface area contributed by atoms with Crippen LogP contribution in [0.25, 0.3) is 5.52 Å². The van der Waals surface area contributed by atoms with Crippen molar-refractivity contribution >= 4 is 5.52 Å². The van der Waals surface area contributed by atoms with Crippen LogP contribution in [0.1, 0.15) is 5.56 Å². The Balaban J connectivity index is 2.67. The van der Waals surface area contributed by atoms with Crippen LogP contribution in [0.15, 0.2) is 24.5 Å². The van der Waals surface area contributed by atoms with Gasteiger partial charge in [-0.05, 0) is 11.6 Å². The predicted molar refractivity (Wildman–Crippen MR) is 40.9 cm³/mol. The number of aromatic nitrogens is 3. The maximum atomic E-state index is 5.45. The zero-order valence-electron chi connectivity index (χ0n) is 5.94. The molecule has 0 aliphatic heterocycles. The number of nitrogens with two attached hydrogens (primary N) is 1. The van der Waals surface area contributed by atoms with Crippen LogP contribution in [0.3, 0.4) is 0 Å². The van der Waals surface area contributed by atoms with Gasteiger partial charge in [0.2, 0.25) is 0 Å². The van der Waals surface area contributed by atoms with Crippen LogP contribution in [0.2, 0.25) is 0 Å². The quantitative estimate of drug-likeness (QED) is 0.628.